The number of aliphatic imine (C=N–C) groups is 1. The largest absolute Gasteiger partial charge is 0.487 e. The lowest BCUT2D eigenvalue weighted by Gasteiger charge is -2.17. The van der Waals surface area contributed by atoms with Crippen molar-refractivity contribution < 1.29 is 9.53 Å². The maximum Gasteiger partial charge on any atom is 0.241 e. The van der Waals surface area contributed by atoms with E-state index in [2.05, 4.69) is 20.6 Å². The van der Waals surface area contributed by atoms with Crippen LogP contribution in [0.15, 0.2) is 53.7 Å². The molecule has 3 rings (SSSR count). The number of likely N-dealkylation sites (tertiary alicyclic amines) is 1. The molecule has 1 aromatic carbocycles. The second-order valence-electron chi connectivity index (χ2n) is 6.89. The third-order valence-corrected chi connectivity index (χ3v) is 4.64. The highest BCUT2D eigenvalue weighted by atomic mass is 127. The predicted octanol–water partition coefficient (Wildman–Crippen LogP) is 2.96. The van der Waals surface area contributed by atoms with E-state index in [1.165, 1.54) is 0 Å². The maximum atomic E-state index is 12.2. The van der Waals surface area contributed by atoms with Gasteiger partial charge in [-0.05, 0) is 49.6 Å². The lowest BCUT2D eigenvalue weighted by molar-refractivity contribution is -0.128. The smallest absolute Gasteiger partial charge is 0.241 e. The number of carbonyl (C=O) groups is 1. The van der Waals surface area contributed by atoms with Crippen LogP contribution in [0.4, 0.5) is 0 Å². The van der Waals surface area contributed by atoms with Crippen LogP contribution in [0.25, 0.3) is 0 Å². The number of amides is 1. The number of guanidine groups is 1. The molecule has 1 aliphatic rings. The molecule has 0 bridgehead atoms. The first-order valence-electron chi connectivity index (χ1n) is 10.2. The van der Waals surface area contributed by atoms with Crippen LogP contribution in [-0.4, -0.2) is 47.9 Å². The molecule has 0 radical (unpaired) electrons. The molecular formula is C22H30IN5O2. The number of hydrogen-bond acceptors (Lipinski definition) is 4. The second-order valence-corrected chi connectivity index (χ2v) is 6.89. The Morgan fingerprint density at radius 2 is 2.00 bits per heavy atom. The minimum atomic E-state index is 0. The van der Waals surface area contributed by atoms with Gasteiger partial charge in [-0.15, -0.1) is 24.0 Å². The fourth-order valence-corrected chi connectivity index (χ4v) is 3.12. The number of nitrogens with zero attached hydrogens (tertiary/aromatic N) is 3. The van der Waals surface area contributed by atoms with Gasteiger partial charge in [0.2, 0.25) is 5.91 Å². The van der Waals surface area contributed by atoms with E-state index in [0.717, 1.165) is 49.5 Å². The van der Waals surface area contributed by atoms with Crippen molar-refractivity contribution in [1.82, 2.24) is 20.5 Å². The van der Waals surface area contributed by atoms with Gasteiger partial charge in [0.05, 0.1) is 18.8 Å². The van der Waals surface area contributed by atoms with Crippen molar-refractivity contribution >= 4 is 35.8 Å². The summed E-state index contributed by atoms with van der Waals surface area (Å²) in [5, 5.41) is 6.33. The highest BCUT2D eigenvalue weighted by Crippen LogP contribution is 2.15. The summed E-state index contributed by atoms with van der Waals surface area (Å²) in [6.45, 7) is 5.64. The van der Waals surface area contributed by atoms with Crippen molar-refractivity contribution in [2.24, 2.45) is 4.99 Å². The first-order valence-corrected chi connectivity index (χ1v) is 10.2. The van der Waals surface area contributed by atoms with Gasteiger partial charge in [-0.1, -0.05) is 18.2 Å². The Morgan fingerprint density at radius 1 is 1.17 bits per heavy atom. The van der Waals surface area contributed by atoms with Crippen molar-refractivity contribution in [2.75, 3.05) is 26.2 Å². The Kier molecular flexibility index (Phi) is 10.4. The zero-order valence-corrected chi connectivity index (χ0v) is 19.7. The Bertz CT molecular complexity index is 810. The van der Waals surface area contributed by atoms with Gasteiger partial charge < -0.3 is 20.3 Å². The van der Waals surface area contributed by atoms with Gasteiger partial charge >= 0.3 is 0 Å². The average molecular weight is 523 g/mol. The summed E-state index contributed by atoms with van der Waals surface area (Å²) in [6.07, 6.45) is 3.95. The van der Waals surface area contributed by atoms with E-state index in [-0.39, 0.29) is 36.4 Å². The van der Waals surface area contributed by atoms with E-state index in [4.69, 9.17) is 4.74 Å². The molecule has 2 heterocycles. The normalized spacial score (nSPS) is 13.5. The van der Waals surface area contributed by atoms with Gasteiger partial charge in [-0.2, -0.15) is 0 Å². The quantitative estimate of drug-likeness (QED) is 0.316. The maximum absolute atomic E-state index is 12.2. The van der Waals surface area contributed by atoms with E-state index >= 15 is 0 Å². The van der Waals surface area contributed by atoms with Crippen molar-refractivity contribution in [3.63, 3.8) is 0 Å². The summed E-state index contributed by atoms with van der Waals surface area (Å²) < 4.78 is 5.83. The standard InChI is InChI=1S/C22H29N5O2.HI/c1-2-23-22(26-16-21(28)27-12-5-6-13-27)25-15-18-8-7-10-20(14-18)29-17-19-9-3-4-11-24-19;/h3-4,7-11,14H,2,5-6,12-13,15-17H2,1H3,(H2,23,25,26);1H. The van der Waals surface area contributed by atoms with E-state index < -0.39 is 0 Å². The lowest BCUT2D eigenvalue weighted by atomic mass is 10.2. The molecule has 2 N–H and O–H groups in total. The van der Waals surface area contributed by atoms with Gasteiger partial charge in [0.1, 0.15) is 12.4 Å². The van der Waals surface area contributed by atoms with Crippen LogP contribution in [-0.2, 0) is 17.9 Å². The molecule has 0 spiro atoms. The molecule has 1 aliphatic heterocycles. The third-order valence-electron chi connectivity index (χ3n) is 4.64. The van der Waals surface area contributed by atoms with Crippen LogP contribution >= 0.6 is 24.0 Å². The van der Waals surface area contributed by atoms with Crippen LogP contribution in [0.5, 0.6) is 5.75 Å². The molecule has 0 unspecified atom stereocenters. The van der Waals surface area contributed by atoms with Gasteiger partial charge in [0.15, 0.2) is 5.96 Å². The lowest BCUT2D eigenvalue weighted by Crippen LogP contribution is -2.44. The van der Waals surface area contributed by atoms with Gasteiger partial charge in [0, 0.05) is 25.8 Å². The molecule has 1 saturated heterocycles. The van der Waals surface area contributed by atoms with Crippen molar-refractivity contribution in [1.29, 1.82) is 0 Å². The highest BCUT2D eigenvalue weighted by Gasteiger charge is 2.17. The number of aromatic nitrogens is 1. The number of nitrogens with one attached hydrogen (secondary N) is 2. The summed E-state index contributed by atoms with van der Waals surface area (Å²) in [5.74, 6) is 1.54. The zero-order chi connectivity index (χ0) is 20.3. The Balaban J connectivity index is 0.00000320. The summed E-state index contributed by atoms with van der Waals surface area (Å²) in [5.41, 5.74) is 1.92. The first-order chi connectivity index (χ1) is 14.2. The second kappa shape index (κ2) is 13.0. The van der Waals surface area contributed by atoms with Crippen LogP contribution < -0.4 is 15.4 Å². The van der Waals surface area contributed by atoms with E-state index in [9.17, 15) is 4.79 Å². The molecule has 30 heavy (non-hydrogen) atoms. The number of halogens is 1. The number of pyridine rings is 1. The monoisotopic (exact) mass is 523 g/mol. The molecular weight excluding hydrogens is 493 g/mol. The molecule has 2 aromatic rings. The first kappa shape index (κ1) is 23.9. The summed E-state index contributed by atoms with van der Waals surface area (Å²) >= 11 is 0. The molecule has 0 atom stereocenters. The topological polar surface area (TPSA) is 78.9 Å². The van der Waals surface area contributed by atoms with Gasteiger partial charge in [-0.3, -0.25) is 9.78 Å². The average Bonchev–Trinajstić information content (AvgIpc) is 3.30. The van der Waals surface area contributed by atoms with E-state index in [0.29, 0.717) is 19.1 Å². The number of carbonyl (C=O) groups excluding carboxylic acids is 1. The Morgan fingerprint density at radius 3 is 2.73 bits per heavy atom. The minimum Gasteiger partial charge on any atom is -0.487 e. The molecule has 8 heteroatoms. The number of rotatable bonds is 8. The Labute approximate surface area is 195 Å². The summed E-state index contributed by atoms with van der Waals surface area (Å²) in [7, 11) is 0. The molecule has 7 nitrogen and oxygen atoms in total. The SMILES string of the molecule is CCNC(=NCc1cccc(OCc2ccccn2)c1)NCC(=O)N1CCCC1.I. The van der Waals surface area contributed by atoms with Crippen LogP contribution in [0.3, 0.4) is 0 Å². The summed E-state index contributed by atoms with van der Waals surface area (Å²) in [6, 6.07) is 13.6. The summed E-state index contributed by atoms with van der Waals surface area (Å²) in [4.78, 5) is 23.0. The minimum absolute atomic E-state index is 0. The van der Waals surface area contributed by atoms with Crippen molar-refractivity contribution in [3.05, 3.63) is 59.9 Å². The predicted molar refractivity (Wildman–Crippen MR) is 129 cm³/mol. The van der Waals surface area contributed by atoms with Crippen LogP contribution in [0.1, 0.15) is 31.0 Å². The molecule has 162 valence electrons. The number of ether oxygens (including phenoxy) is 1. The molecule has 1 amide bonds. The van der Waals surface area contributed by atoms with Gasteiger partial charge in [0.25, 0.3) is 0 Å². The van der Waals surface area contributed by atoms with Gasteiger partial charge in [-0.25, -0.2) is 4.99 Å². The Hall–Kier alpha value is -2.36. The van der Waals surface area contributed by atoms with E-state index in [1.807, 2.05) is 54.3 Å². The number of hydrogen-bond donors (Lipinski definition) is 2. The third kappa shape index (κ3) is 7.81. The molecule has 0 saturated carbocycles. The van der Waals surface area contributed by atoms with E-state index in [1.54, 1.807) is 6.20 Å². The fourth-order valence-electron chi connectivity index (χ4n) is 3.12. The fraction of sp³-hybridized carbons (Fsp3) is 0.409. The van der Waals surface area contributed by atoms with Crippen LogP contribution in [0.2, 0.25) is 0 Å². The van der Waals surface area contributed by atoms with Crippen LogP contribution in [0, 0.1) is 0 Å². The highest BCUT2D eigenvalue weighted by molar-refractivity contribution is 14.0. The number of benzene rings is 1. The molecule has 1 aromatic heterocycles. The van der Waals surface area contributed by atoms with Crippen molar-refractivity contribution in [3.8, 4) is 5.75 Å². The molecule has 1 fully saturated rings. The molecule has 0 aliphatic carbocycles. The zero-order valence-electron chi connectivity index (χ0n) is 17.3. The van der Waals surface area contributed by atoms with Crippen molar-refractivity contribution in [2.45, 2.75) is 32.9 Å².